The summed E-state index contributed by atoms with van der Waals surface area (Å²) in [5.41, 5.74) is 1.09. The van der Waals surface area contributed by atoms with Crippen LogP contribution in [0.3, 0.4) is 0 Å². The second-order valence-electron chi connectivity index (χ2n) is 4.83. The summed E-state index contributed by atoms with van der Waals surface area (Å²) in [5.74, 6) is 1.15. The minimum absolute atomic E-state index is 0.224. The number of ketones is 1. The molecule has 3 heteroatoms. The van der Waals surface area contributed by atoms with Crippen molar-refractivity contribution in [2.24, 2.45) is 11.8 Å². The van der Waals surface area contributed by atoms with E-state index in [1.807, 2.05) is 12.1 Å². The van der Waals surface area contributed by atoms with Crippen molar-refractivity contribution in [1.82, 2.24) is 4.98 Å². The molecule has 3 rings (SSSR count). The van der Waals surface area contributed by atoms with Crippen molar-refractivity contribution in [2.45, 2.75) is 26.2 Å². The molecule has 0 bridgehead atoms. The predicted molar refractivity (Wildman–Crippen MR) is 70.2 cm³/mol. The Bertz CT molecular complexity index is 527. The summed E-state index contributed by atoms with van der Waals surface area (Å²) in [6.07, 6.45) is 2.76. The van der Waals surface area contributed by atoms with E-state index < -0.39 is 0 Å². The lowest BCUT2D eigenvalue weighted by atomic mass is 9.95. The van der Waals surface area contributed by atoms with Gasteiger partial charge in [0.1, 0.15) is 5.78 Å². The van der Waals surface area contributed by atoms with E-state index in [-0.39, 0.29) is 5.92 Å². The molecule has 1 saturated carbocycles. The maximum Gasteiger partial charge on any atom is 0.136 e. The zero-order chi connectivity index (χ0) is 11.8. The van der Waals surface area contributed by atoms with Crippen LogP contribution in [-0.4, -0.2) is 10.8 Å². The van der Waals surface area contributed by atoms with Crippen LogP contribution in [0.2, 0.25) is 0 Å². The standard InChI is InChI=1S/C14H15NOS/c1-9-10(6-7-12(9)16)8-14-15-11-4-2-3-5-13(11)17-14/h2-5,9-10H,6-8H2,1H3. The van der Waals surface area contributed by atoms with E-state index >= 15 is 0 Å². The van der Waals surface area contributed by atoms with Crippen molar-refractivity contribution in [3.8, 4) is 0 Å². The second-order valence-corrected chi connectivity index (χ2v) is 5.95. The minimum Gasteiger partial charge on any atom is -0.299 e. The fourth-order valence-electron chi connectivity index (χ4n) is 2.58. The van der Waals surface area contributed by atoms with Gasteiger partial charge in [0.25, 0.3) is 0 Å². The maximum atomic E-state index is 11.5. The number of benzene rings is 1. The van der Waals surface area contributed by atoms with Crippen LogP contribution < -0.4 is 0 Å². The van der Waals surface area contributed by atoms with Gasteiger partial charge >= 0.3 is 0 Å². The summed E-state index contributed by atoms with van der Waals surface area (Å²) < 4.78 is 1.25. The molecule has 0 N–H and O–H groups in total. The number of hydrogen-bond acceptors (Lipinski definition) is 3. The highest BCUT2D eigenvalue weighted by Gasteiger charge is 2.31. The Hall–Kier alpha value is -1.22. The predicted octanol–water partition coefficient (Wildman–Crippen LogP) is 3.45. The largest absolute Gasteiger partial charge is 0.299 e. The van der Waals surface area contributed by atoms with Crippen LogP contribution in [0.4, 0.5) is 0 Å². The van der Waals surface area contributed by atoms with Crippen LogP contribution in [0.5, 0.6) is 0 Å². The number of carbonyl (C=O) groups excluding carboxylic acids is 1. The third-order valence-electron chi connectivity index (χ3n) is 3.75. The Labute approximate surface area is 105 Å². The van der Waals surface area contributed by atoms with Gasteiger partial charge in [-0.3, -0.25) is 4.79 Å². The molecule has 1 aliphatic rings. The van der Waals surface area contributed by atoms with E-state index in [2.05, 4.69) is 24.0 Å². The first-order valence-electron chi connectivity index (χ1n) is 6.11. The van der Waals surface area contributed by atoms with Crippen molar-refractivity contribution in [3.63, 3.8) is 0 Å². The molecule has 2 atom stereocenters. The number of thiazole rings is 1. The van der Waals surface area contributed by atoms with E-state index in [0.717, 1.165) is 24.8 Å². The Morgan fingerprint density at radius 1 is 1.41 bits per heavy atom. The van der Waals surface area contributed by atoms with Crippen molar-refractivity contribution in [1.29, 1.82) is 0 Å². The Balaban J connectivity index is 1.83. The summed E-state index contributed by atoms with van der Waals surface area (Å²) in [7, 11) is 0. The fourth-order valence-corrected chi connectivity index (χ4v) is 3.64. The summed E-state index contributed by atoms with van der Waals surface area (Å²) in [6, 6.07) is 8.23. The topological polar surface area (TPSA) is 30.0 Å². The summed E-state index contributed by atoms with van der Waals surface area (Å²) in [5, 5.41) is 1.18. The smallest absolute Gasteiger partial charge is 0.136 e. The number of aromatic nitrogens is 1. The van der Waals surface area contributed by atoms with Gasteiger partial charge in [-0.2, -0.15) is 0 Å². The van der Waals surface area contributed by atoms with Gasteiger partial charge in [-0.05, 0) is 24.5 Å². The molecule has 0 amide bonds. The lowest BCUT2D eigenvalue weighted by Gasteiger charge is -2.11. The van der Waals surface area contributed by atoms with Gasteiger partial charge in [0.05, 0.1) is 15.2 Å². The average molecular weight is 245 g/mol. The van der Waals surface area contributed by atoms with Gasteiger partial charge in [0, 0.05) is 18.8 Å². The average Bonchev–Trinajstić information content (AvgIpc) is 2.87. The molecule has 0 saturated heterocycles. The van der Waals surface area contributed by atoms with Crippen LogP contribution in [0.15, 0.2) is 24.3 Å². The zero-order valence-corrected chi connectivity index (χ0v) is 10.7. The number of rotatable bonds is 2. The third-order valence-corrected chi connectivity index (χ3v) is 4.81. The van der Waals surface area contributed by atoms with Crippen molar-refractivity contribution < 1.29 is 4.79 Å². The van der Waals surface area contributed by atoms with E-state index in [1.54, 1.807) is 11.3 Å². The quantitative estimate of drug-likeness (QED) is 0.811. The molecular formula is C14H15NOS. The van der Waals surface area contributed by atoms with E-state index in [9.17, 15) is 4.79 Å². The second kappa shape index (κ2) is 4.22. The van der Waals surface area contributed by atoms with Crippen LogP contribution in [0.25, 0.3) is 10.2 Å². The van der Waals surface area contributed by atoms with Crippen LogP contribution >= 0.6 is 11.3 Å². The Kier molecular flexibility index (Phi) is 2.71. The number of nitrogens with zero attached hydrogens (tertiary/aromatic N) is 1. The first-order chi connectivity index (χ1) is 8.24. The van der Waals surface area contributed by atoms with Gasteiger partial charge in [0.15, 0.2) is 0 Å². The highest BCUT2D eigenvalue weighted by atomic mass is 32.1. The molecule has 1 aromatic carbocycles. The van der Waals surface area contributed by atoms with E-state index in [1.165, 1.54) is 9.71 Å². The van der Waals surface area contributed by atoms with Gasteiger partial charge < -0.3 is 0 Å². The molecule has 1 heterocycles. The normalized spacial score (nSPS) is 24.6. The lowest BCUT2D eigenvalue weighted by Crippen LogP contribution is -2.12. The zero-order valence-electron chi connectivity index (χ0n) is 9.85. The number of carbonyl (C=O) groups is 1. The molecule has 88 valence electrons. The van der Waals surface area contributed by atoms with Crippen LogP contribution in [0, 0.1) is 11.8 Å². The van der Waals surface area contributed by atoms with Gasteiger partial charge in [-0.1, -0.05) is 19.1 Å². The number of Topliss-reactive ketones (excluding diaryl/α,β-unsaturated/α-hetero) is 1. The van der Waals surface area contributed by atoms with Crippen LogP contribution in [0.1, 0.15) is 24.8 Å². The van der Waals surface area contributed by atoms with Gasteiger partial charge in [0.2, 0.25) is 0 Å². The molecule has 1 aromatic heterocycles. The number of para-hydroxylation sites is 1. The first-order valence-corrected chi connectivity index (χ1v) is 6.93. The Morgan fingerprint density at radius 3 is 2.94 bits per heavy atom. The Morgan fingerprint density at radius 2 is 2.24 bits per heavy atom. The summed E-state index contributed by atoms with van der Waals surface area (Å²) >= 11 is 1.76. The van der Waals surface area contributed by atoms with Crippen LogP contribution in [-0.2, 0) is 11.2 Å². The molecular weight excluding hydrogens is 230 g/mol. The molecule has 2 nitrogen and oxygen atoms in total. The minimum atomic E-state index is 0.224. The monoisotopic (exact) mass is 245 g/mol. The SMILES string of the molecule is CC1C(=O)CCC1Cc1nc2ccccc2s1. The molecule has 1 aliphatic carbocycles. The van der Waals surface area contributed by atoms with E-state index in [0.29, 0.717) is 11.7 Å². The molecule has 1 fully saturated rings. The van der Waals surface area contributed by atoms with Gasteiger partial charge in [-0.15, -0.1) is 11.3 Å². The molecule has 2 aromatic rings. The summed E-state index contributed by atoms with van der Waals surface area (Å²) in [6.45, 7) is 2.06. The maximum absolute atomic E-state index is 11.5. The molecule has 0 aliphatic heterocycles. The number of hydrogen-bond donors (Lipinski definition) is 0. The molecule has 17 heavy (non-hydrogen) atoms. The van der Waals surface area contributed by atoms with E-state index in [4.69, 9.17) is 0 Å². The molecule has 0 radical (unpaired) electrons. The number of fused-ring (bicyclic) bond motifs is 1. The summed E-state index contributed by atoms with van der Waals surface area (Å²) in [4.78, 5) is 16.2. The highest BCUT2D eigenvalue weighted by Crippen LogP contribution is 2.33. The fraction of sp³-hybridized carbons (Fsp3) is 0.429. The van der Waals surface area contributed by atoms with Crippen molar-refractivity contribution in [2.75, 3.05) is 0 Å². The van der Waals surface area contributed by atoms with Crippen molar-refractivity contribution in [3.05, 3.63) is 29.3 Å². The third kappa shape index (κ3) is 2.00. The van der Waals surface area contributed by atoms with Gasteiger partial charge in [-0.25, -0.2) is 4.98 Å². The first kappa shape index (κ1) is 10.9. The lowest BCUT2D eigenvalue weighted by molar-refractivity contribution is -0.120. The molecule has 2 unspecified atom stereocenters. The molecule has 0 spiro atoms. The van der Waals surface area contributed by atoms with Crippen molar-refractivity contribution >= 4 is 27.3 Å². The highest BCUT2D eigenvalue weighted by molar-refractivity contribution is 7.18.